The Hall–Kier alpha value is -7.05. The molecule has 1 aliphatic carbocycles. The molecule has 1 heterocycles. The van der Waals surface area contributed by atoms with E-state index in [0.29, 0.717) is 17.1 Å². The smallest absolute Gasteiger partial charge is 0.407 e. The van der Waals surface area contributed by atoms with E-state index in [4.69, 9.17) is 14.2 Å². The Morgan fingerprint density at radius 2 is 1.24 bits per heavy atom. The molecule has 0 saturated carbocycles. The third kappa shape index (κ3) is 8.08. The summed E-state index contributed by atoms with van der Waals surface area (Å²) < 4.78 is 17.0. The minimum absolute atomic E-state index is 0.0456. The Labute approximate surface area is 364 Å². The van der Waals surface area contributed by atoms with E-state index in [-0.39, 0.29) is 18.3 Å². The van der Waals surface area contributed by atoms with E-state index < -0.39 is 53.3 Å². The molecule has 62 heavy (non-hydrogen) atoms. The number of thioether (sulfide) groups is 1. The lowest BCUT2D eigenvalue weighted by molar-refractivity contribution is -0.150. The Morgan fingerprint density at radius 1 is 0.710 bits per heavy atom. The molecule has 6 aromatic carbocycles. The third-order valence-corrected chi connectivity index (χ3v) is 12.8. The first-order valence-corrected chi connectivity index (χ1v) is 21.3. The Balaban J connectivity index is 1.15. The Bertz CT molecular complexity index is 2430. The number of ether oxygens (including phenoxy) is 3. The van der Waals surface area contributed by atoms with Crippen LogP contribution in [-0.2, 0) is 24.7 Å². The molecule has 1 unspecified atom stereocenters. The van der Waals surface area contributed by atoms with Crippen molar-refractivity contribution in [2.45, 2.75) is 35.3 Å². The first-order chi connectivity index (χ1) is 30.2. The number of amides is 3. The number of fused-ring (bicyclic) bond motifs is 3. The zero-order valence-corrected chi connectivity index (χ0v) is 34.9. The van der Waals surface area contributed by atoms with Crippen LogP contribution in [0.25, 0.3) is 11.1 Å². The van der Waals surface area contributed by atoms with E-state index in [1.807, 2.05) is 140 Å². The molecule has 0 spiro atoms. The van der Waals surface area contributed by atoms with Crippen molar-refractivity contribution >= 4 is 35.6 Å². The second-order valence-corrected chi connectivity index (χ2v) is 16.1. The van der Waals surface area contributed by atoms with Crippen molar-refractivity contribution in [2.75, 3.05) is 26.6 Å². The lowest BCUT2D eigenvalue weighted by Gasteiger charge is -2.37. The van der Waals surface area contributed by atoms with Gasteiger partial charge < -0.3 is 34.9 Å². The predicted molar refractivity (Wildman–Crippen MR) is 237 cm³/mol. The van der Waals surface area contributed by atoms with Crippen LogP contribution in [0.3, 0.4) is 0 Å². The first kappa shape index (κ1) is 41.7. The molecule has 3 amide bonds. The van der Waals surface area contributed by atoms with Crippen molar-refractivity contribution in [3.8, 4) is 22.6 Å². The van der Waals surface area contributed by atoms with Gasteiger partial charge in [-0.05, 0) is 51.1 Å². The summed E-state index contributed by atoms with van der Waals surface area (Å²) in [5, 5.41) is 15.6. The van der Waals surface area contributed by atoms with Gasteiger partial charge >= 0.3 is 12.1 Å². The number of methoxy groups -OCH3 is 2. The van der Waals surface area contributed by atoms with Gasteiger partial charge in [0.25, 0.3) is 0 Å². The molecule has 314 valence electrons. The molecule has 3 atom stereocenters. The van der Waals surface area contributed by atoms with E-state index in [2.05, 4.69) is 10.6 Å². The third-order valence-electron chi connectivity index (χ3n) is 11.5. The van der Waals surface area contributed by atoms with E-state index in [9.17, 15) is 19.5 Å². The van der Waals surface area contributed by atoms with Crippen molar-refractivity contribution < 1.29 is 38.5 Å². The Kier molecular flexibility index (Phi) is 12.3. The van der Waals surface area contributed by atoms with Gasteiger partial charge in [0.15, 0.2) is 0 Å². The van der Waals surface area contributed by atoms with Crippen LogP contribution in [0.5, 0.6) is 11.5 Å². The maximum Gasteiger partial charge on any atom is 0.407 e. The number of hydrogen-bond acceptors (Lipinski definition) is 8. The molecule has 12 heteroatoms. The largest absolute Gasteiger partial charge is 0.497 e. The molecular formula is C50H45N3O8S. The van der Waals surface area contributed by atoms with Gasteiger partial charge in [0.1, 0.15) is 41.1 Å². The second kappa shape index (κ2) is 18.3. The highest BCUT2D eigenvalue weighted by molar-refractivity contribution is 7.99. The molecule has 0 bridgehead atoms. The average Bonchev–Trinajstić information content (AvgIpc) is 3.90. The van der Waals surface area contributed by atoms with E-state index >= 15 is 4.79 Å². The molecule has 3 N–H and O–H groups in total. The molecular weight excluding hydrogens is 803 g/mol. The minimum atomic E-state index is -1.56. The molecule has 2 aliphatic rings. The number of rotatable bonds is 14. The van der Waals surface area contributed by atoms with Crippen molar-refractivity contribution in [3.63, 3.8) is 0 Å². The number of benzene rings is 6. The van der Waals surface area contributed by atoms with Gasteiger partial charge in [0.2, 0.25) is 11.8 Å². The fraction of sp³-hybridized carbons (Fsp3) is 0.200. The van der Waals surface area contributed by atoms with Crippen molar-refractivity contribution in [1.29, 1.82) is 0 Å². The van der Waals surface area contributed by atoms with Gasteiger partial charge in [-0.1, -0.05) is 140 Å². The van der Waals surface area contributed by atoms with Crippen LogP contribution >= 0.6 is 11.8 Å². The van der Waals surface area contributed by atoms with Gasteiger partial charge in [-0.3, -0.25) is 9.59 Å². The van der Waals surface area contributed by atoms with Gasteiger partial charge in [0.05, 0.1) is 20.6 Å². The van der Waals surface area contributed by atoms with Gasteiger partial charge in [-0.15, -0.1) is 11.8 Å². The summed E-state index contributed by atoms with van der Waals surface area (Å²) in [6.45, 7) is -0.0465. The number of alkyl carbamates (subject to hydrolysis) is 1. The zero-order chi connectivity index (χ0) is 43.2. The minimum Gasteiger partial charge on any atom is -0.497 e. The molecule has 0 aromatic heterocycles. The predicted octanol–water partition coefficient (Wildman–Crippen LogP) is 8.14. The van der Waals surface area contributed by atoms with Gasteiger partial charge in [0, 0.05) is 23.3 Å². The average molecular weight is 848 g/mol. The number of nitrogens with zero attached hydrogens (tertiary/aromatic N) is 1. The van der Waals surface area contributed by atoms with E-state index in [1.165, 1.54) is 30.9 Å². The number of carbonyl (C=O) groups excluding carboxylic acids is 3. The van der Waals surface area contributed by atoms with Crippen molar-refractivity contribution in [3.05, 3.63) is 191 Å². The molecule has 1 aliphatic heterocycles. The number of carbonyl (C=O) groups is 4. The lowest BCUT2D eigenvalue weighted by Crippen LogP contribution is -2.55. The standard InChI is InChI=1S/C50H45N3O8S/c1-59-35-26-27-40(44(28-35)60-2)47-53(43(31-62-47)48(56)57)46(55)42(51-49(58)61-30-41-38-24-14-12-22-36(38)37-23-13-15-25-39(37)41)29-45(54)52-50(32-16-6-3-7-17-32,33-18-8-4-9-19-33)34-20-10-5-11-21-34/h3-28,41-43,47H,29-31H2,1-2H3,(H,51,58)(H,52,54)(H,56,57)/t42-,43-,47?/m0/s1. The molecule has 0 radical (unpaired) electrons. The maximum absolute atomic E-state index is 15.1. The number of hydrogen-bond donors (Lipinski definition) is 3. The fourth-order valence-electron chi connectivity index (χ4n) is 8.62. The normalized spacial score (nSPS) is 16.1. The summed E-state index contributed by atoms with van der Waals surface area (Å²) >= 11 is 1.24. The van der Waals surface area contributed by atoms with Crippen LogP contribution in [0, 0.1) is 0 Å². The van der Waals surface area contributed by atoms with Crippen LogP contribution in [0.2, 0.25) is 0 Å². The molecule has 6 aromatic rings. The van der Waals surface area contributed by atoms with Crippen LogP contribution in [0.15, 0.2) is 158 Å². The number of nitrogens with one attached hydrogen (secondary N) is 2. The number of carboxylic acid groups (broad SMARTS) is 1. The summed E-state index contributed by atoms with van der Waals surface area (Å²) in [6, 6.07) is 46.6. The van der Waals surface area contributed by atoms with E-state index in [0.717, 1.165) is 38.9 Å². The summed E-state index contributed by atoms with van der Waals surface area (Å²) in [6.07, 6.45) is -1.49. The van der Waals surface area contributed by atoms with Crippen LogP contribution < -0.4 is 20.1 Å². The molecule has 11 nitrogen and oxygen atoms in total. The maximum atomic E-state index is 15.1. The van der Waals surface area contributed by atoms with Crippen molar-refractivity contribution in [2.24, 2.45) is 0 Å². The zero-order valence-electron chi connectivity index (χ0n) is 34.1. The summed E-state index contributed by atoms with van der Waals surface area (Å²) in [7, 11) is 2.99. The summed E-state index contributed by atoms with van der Waals surface area (Å²) in [5.41, 5.74) is 5.66. The van der Waals surface area contributed by atoms with E-state index in [1.54, 1.807) is 18.2 Å². The van der Waals surface area contributed by atoms with Crippen LogP contribution in [0.4, 0.5) is 4.79 Å². The summed E-state index contributed by atoms with van der Waals surface area (Å²) in [4.78, 5) is 58.1. The number of carboxylic acids is 1. The molecule has 8 rings (SSSR count). The van der Waals surface area contributed by atoms with Crippen LogP contribution in [-0.4, -0.2) is 72.5 Å². The SMILES string of the molecule is COc1ccc(C2SC[C@@H](C(=O)O)N2C(=O)[C@H](CC(=O)NC(c2ccccc2)(c2ccccc2)c2ccccc2)NC(=O)OCC2c3ccccc3-c3ccccc32)c(OC)c1. The van der Waals surface area contributed by atoms with Gasteiger partial charge in [-0.2, -0.15) is 0 Å². The highest BCUT2D eigenvalue weighted by Crippen LogP contribution is 2.47. The lowest BCUT2D eigenvalue weighted by atomic mass is 9.77. The molecule has 1 saturated heterocycles. The topological polar surface area (TPSA) is 143 Å². The highest BCUT2D eigenvalue weighted by Gasteiger charge is 2.47. The summed E-state index contributed by atoms with van der Waals surface area (Å²) in [5.74, 6) is -1.94. The monoisotopic (exact) mass is 847 g/mol. The first-order valence-electron chi connectivity index (χ1n) is 20.2. The number of aliphatic carboxylic acids is 1. The van der Waals surface area contributed by atoms with Crippen molar-refractivity contribution in [1.82, 2.24) is 15.5 Å². The quantitative estimate of drug-likeness (QED) is 0.0927. The van der Waals surface area contributed by atoms with Gasteiger partial charge in [-0.25, -0.2) is 9.59 Å². The highest BCUT2D eigenvalue weighted by atomic mass is 32.2. The second-order valence-electron chi connectivity index (χ2n) is 15.0. The fourth-order valence-corrected chi connectivity index (χ4v) is 10.1. The Morgan fingerprint density at radius 3 is 1.76 bits per heavy atom. The van der Waals surface area contributed by atoms with Crippen LogP contribution in [0.1, 0.15) is 51.1 Å². The molecule has 1 fully saturated rings.